The zero-order chi connectivity index (χ0) is 16.2. The molecule has 0 saturated heterocycles. The summed E-state index contributed by atoms with van der Waals surface area (Å²) in [6.45, 7) is 7.69. The van der Waals surface area contributed by atoms with Gasteiger partial charge in [-0.2, -0.15) is 0 Å². The van der Waals surface area contributed by atoms with Crippen LogP contribution >= 0.6 is 0 Å². The van der Waals surface area contributed by atoms with Gasteiger partial charge in [-0.25, -0.2) is 4.98 Å². The second-order valence-electron chi connectivity index (χ2n) is 6.58. The van der Waals surface area contributed by atoms with Gasteiger partial charge in [0.1, 0.15) is 11.3 Å². The Morgan fingerprint density at radius 3 is 2.05 bits per heavy atom. The van der Waals surface area contributed by atoms with Gasteiger partial charge >= 0.3 is 0 Å². The molecule has 22 heavy (non-hydrogen) atoms. The predicted octanol–water partition coefficient (Wildman–Crippen LogP) is 3.15. The van der Waals surface area contributed by atoms with E-state index in [0.29, 0.717) is 12.1 Å². The average molecular weight is 299 g/mol. The number of rotatable bonds is 1. The largest absolute Gasteiger partial charge is 0.505 e. The van der Waals surface area contributed by atoms with Crippen LogP contribution in [0, 0.1) is 39.5 Å². The maximum atomic E-state index is 12.5. The highest BCUT2D eigenvalue weighted by atomic mass is 16.3. The number of aryl methyl sites for hydroxylation is 1. The number of aliphatic hydroxyl groups is 1. The Labute approximate surface area is 130 Å². The summed E-state index contributed by atoms with van der Waals surface area (Å²) in [5.74, 6) is -0.836. The summed E-state index contributed by atoms with van der Waals surface area (Å²) in [6, 6.07) is 0. The van der Waals surface area contributed by atoms with E-state index in [1.807, 2.05) is 27.7 Å². The molecule has 2 aliphatic carbocycles. The molecule has 0 radical (unpaired) electrons. The molecule has 2 atom stereocenters. The molecule has 0 aromatic carbocycles. The lowest BCUT2D eigenvalue weighted by Gasteiger charge is -2.21. The first kappa shape index (κ1) is 14.9. The molecular formula is C18H21NO3. The maximum Gasteiger partial charge on any atom is 0.173 e. The van der Waals surface area contributed by atoms with Gasteiger partial charge in [-0.05, 0) is 63.6 Å². The van der Waals surface area contributed by atoms with Crippen LogP contribution in [0.1, 0.15) is 47.3 Å². The first-order valence-corrected chi connectivity index (χ1v) is 7.79. The van der Waals surface area contributed by atoms with Crippen molar-refractivity contribution in [1.29, 1.82) is 0 Å². The van der Waals surface area contributed by atoms with E-state index in [9.17, 15) is 14.7 Å². The molecule has 1 N–H and O–H groups in total. The number of aromatic nitrogens is 1. The third-order valence-electron chi connectivity index (χ3n) is 5.43. The third-order valence-corrected chi connectivity index (χ3v) is 5.43. The van der Waals surface area contributed by atoms with Crippen molar-refractivity contribution in [3.63, 3.8) is 0 Å². The van der Waals surface area contributed by atoms with E-state index in [2.05, 4.69) is 4.98 Å². The summed E-state index contributed by atoms with van der Waals surface area (Å²) in [6.07, 6.45) is 2.15. The van der Waals surface area contributed by atoms with Gasteiger partial charge in [0, 0.05) is 17.5 Å². The Morgan fingerprint density at radius 2 is 1.50 bits per heavy atom. The molecule has 2 bridgehead atoms. The first-order valence-electron chi connectivity index (χ1n) is 7.79. The van der Waals surface area contributed by atoms with Crippen molar-refractivity contribution >= 4 is 17.3 Å². The number of aliphatic hydroxyl groups excluding tert-OH is 1. The van der Waals surface area contributed by atoms with Crippen molar-refractivity contribution in [2.24, 2.45) is 11.8 Å². The molecule has 2 unspecified atom stereocenters. The molecule has 0 amide bonds. The fourth-order valence-corrected chi connectivity index (χ4v) is 3.64. The summed E-state index contributed by atoms with van der Waals surface area (Å²) in [7, 11) is 0. The van der Waals surface area contributed by atoms with Gasteiger partial charge in [0.15, 0.2) is 17.3 Å². The van der Waals surface area contributed by atoms with Crippen LogP contribution in [0.15, 0.2) is 5.57 Å². The number of ketones is 2. The Hall–Kier alpha value is -1.97. The van der Waals surface area contributed by atoms with E-state index in [1.165, 1.54) is 0 Å². The van der Waals surface area contributed by atoms with Gasteiger partial charge in [-0.15, -0.1) is 0 Å². The molecule has 0 spiro atoms. The minimum atomic E-state index is -0.227. The second-order valence-corrected chi connectivity index (χ2v) is 6.58. The number of hydrogen-bond donors (Lipinski definition) is 1. The molecule has 4 heteroatoms. The lowest BCUT2D eigenvalue weighted by Crippen LogP contribution is -2.30. The Morgan fingerprint density at radius 1 is 0.955 bits per heavy atom. The predicted molar refractivity (Wildman–Crippen MR) is 83.6 cm³/mol. The van der Waals surface area contributed by atoms with Gasteiger partial charge in [0.2, 0.25) is 0 Å². The van der Waals surface area contributed by atoms with E-state index >= 15 is 0 Å². The summed E-state index contributed by atoms with van der Waals surface area (Å²) in [5, 5.41) is 10.6. The zero-order valence-corrected chi connectivity index (χ0v) is 13.5. The molecule has 0 aliphatic heterocycles. The topological polar surface area (TPSA) is 67.3 Å². The Balaban J connectivity index is 2.20. The Bertz CT molecular complexity index is 706. The van der Waals surface area contributed by atoms with Crippen LogP contribution in [0.3, 0.4) is 0 Å². The van der Waals surface area contributed by atoms with Crippen LogP contribution in [0.2, 0.25) is 0 Å². The van der Waals surface area contributed by atoms with E-state index in [0.717, 1.165) is 35.2 Å². The molecule has 2 saturated carbocycles. The van der Waals surface area contributed by atoms with E-state index in [4.69, 9.17) is 0 Å². The van der Waals surface area contributed by atoms with Crippen molar-refractivity contribution in [3.05, 3.63) is 33.7 Å². The van der Waals surface area contributed by atoms with Gasteiger partial charge in [0.05, 0.1) is 0 Å². The van der Waals surface area contributed by atoms with Crippen LogP contribution in [0.4, 0.5) is 0 Å². The highest BCUT2D eigenvalue weighted by molar-refractivity contribution is 6.27. The van der Waals surface area contributed by atoms with Crippen molar-refractivity contribution in [2.45, 2.75) is 47.0 Å². The summed E-state index contributed by atoms with van der Waals surface area (Å²) in [5.41, 5.74) is 4.10. The fraction of sp³-hybridized carbons (Fsp3) is 0.500. The number of carbonyl (C=O) groups is 2. The molecular weight excluding hydrogens is 278 g/mol. The van der Waals surface area contributed by atoms with Crippen molar-refractivity contribution in [3.8, 4) is 0 Å². The number of pyridine rings is 1. The molecule has 3 rings (SSSR count). The monoisotopic (exact) mass is 299 g/mol. The van der Waals surface area contributed by atoms with Crippen molar-refractivity contribution < 1.29 is 14.7 Å². The highest BCUT2D eigenvalue weighted by Gasteiger charge is 2.45. The zero-order valence-electron chi connectivity index (χ0n) is 13.5. The normalized spacial score (nSPS) is 24.1. The summed E-state index contributed by atoms with van der Waals surface area (Å²) in [4.78, 5) is 29.4. The lowest BCUT2D eigenvalue weighted by atomic mass is 9.81. The van der Waals surface area contributed by atoms with Crippen LogP contribution in [-0.2, 0) is 9.59 Å². The van der Waals surface area contributed by atoms with Gasteiger partial charge < -0.3 is 5.11 Å². The molecule has 2 aliphatic rings. The maximum absolute atomic E-state index is 12.5. The standard InChI is InChI=1S/C18H21NO3/c1-8-9(2)11(4)19-15(10(8)3)18(22)14-16(20)12-5-6-13(7-12)17(14)21/h12-13,22H,5-7H2,1-4H3. The van der Waals surface area contributed by atoms with Crippen LogP contribution in [-0.4, -0.2) is 21.7 Å². The molecule has 1 heterocycles. The number of Topliss-reactive ketones (excluding diaryl/α,β-unsaturated/α-hetero) is 2. The van der Waals surface area contributed by atoms with Gasteiger partial charge in [0.25, 0.3) is 0 Å². The Kier molecular flexibility index (Phi) is 3.42. The van der Waals surface area contributed by atoms with Gasteiger partial charge in [-0.3, -0.25) is 9.59 Å². The second kappa shape index (κ2) is 5.04. The quantitative estimate of drug-likeness (QED) is 0.491. The van der Waals surface area contributed by atoms with Crippen LogP contribution in [0.25, 0.3) is 5.76 Å². The fourth-order valence-electron chi connectivity index (χ4n) is 3.64. The van der Waals surface area contributed by atoms with Crippen molar-refractivity contribution in [1.82, 2.24) is 4.98 Å². The lowest BCUT2D eigenvalue weighted by molar-refractivity contribution is -0.127. The van der Waals surface area contributed by atoms with Crippen LogP contribution < -0.4 is 0 Å². The van der Waals surface area contributed by atoms with E-state index < -0.39 is 0 Å². The summed E-state index contributed by atoms with van der Waals surface area (Å²) >= 11 is 0. The van der Waals surface area contributed by atoms with E-state index in [1.54, 1.807) is 0 Å². The molecule has 2 fully saturated rings. The first-order chi connectivity index (χ1) is 10.3. The number of fused-ring (bicyclic) bond motifs is 2. The SMILES string of the molecule is Cc1nc(C(O)=C2C(=O)C3CCC(C3)C2=O)c(C)c(C)c1C. The number of hydrogen-bond acceptors (Lipinski definition) is 4. The van der Waals surface area contributed by atoms with Crippen LogP contribution in [0.5, 0.6) is 0 Å². The minimum absolute atomic E-state index is 0.0167. The number of nitrogens with zero attached hydrogens (tertiary/aromatic N) is 1. The molecule has 1 aromatic rings. The van der Waals surface area contributed by atoms with Gasteiger partial charge in [-0.1, -0.05) is 0 Å². The highest BCUT2D eigenvalue weighted by Crippen LogP contribution is 2.42. The van der Waals surface area contributed by atoms with Crippen molar-refractivity contribution in [2.75, 3.05) is 0 Å². The molecule has 116 valence electrons. The smallest absolute Gasteiger partial charge is 0.173 e. The molecule has 4 nitrogen and oxygen atoms in total. The summed E-state index contributed by atoms with van der Waals surface area (Å²) < 4.78 is 0. The van der Waals surface area contributed by atoms with E-state index in [-0.39, 0.29) is 34.7 Å². The minimum Gasteiger partial charge on any atom is -0.505 e. The average Bonchev–Trinajstić information content (AvgIpc) is 2.94. The number of allylic oxidation sites excluding steroid dienone is 1. The molecule has 1 aromatic heterocycles. The number of carbonyl (C=O) groups excluding carboxylic acids is 2. The third kappa shape index (κ3) is 2.01.